The Morgan fingerprint density at radius 1 is 1.47 bits per heavy atom. The third-order valence-corrected chi connectivity index (χ3v) is 4.01. The van der Waals surface area contributed by atoms with Crippen LogP contribution in [0.25, 0.3) is 0 Å². The molecule has 0 radical (unpaired) electrons. The van der Waals surface area contributed by atoms with Crippen LogP contribution >= 0.6 is 15.9 Å². The molecule has 1 aromatic carbocycles. The molecule has 0 aromatic heterocycles. The molecule has 0 spiro atoms. The van der Waals surface area contributed by atoms with Crippen LogP contribution in [0.1, 0.15) is 38.2 Å². The minimum absolute atomic E-state index is 0.140. The molecule has 4 nitrogen and oxygen atoms in total. The first-order valence-corrected chi connectivity index (χ1v) is 7.55. The monoisotopic (exact) mass is 326 g/mol. The summed E-state index contributed by atoms with van der Waals surface area (Å²) in [5, 5.41) is 14.3. The Morgan fingerprint density at radius 2 is 2.21 bits per heavy atom. The van der Waals surface area contributed by atoms with E-state index in [-0.39, 0.29) is 10.6 Å². The van der Waals surface area contributed by atoms with Crippen molar-refractivity contribution >= 4 is 21.6 Å². The number of hydrogen-bond acceptors (Lipinski definition) is 3. The van der Waals surface area contributed by atoms with Crippen LogP contribution < -0.4 is 5.32 Å². The zero-order valence-corrected chi connectivity index (χ0v) is 12.6. The van der Waals surface area contributed by atoms with Crippen LogP contribution in [-0.4, -0.2) is 11.0 Å². The lowest BCUT2D eigenvalue weighted by molar-refractivity contribution is -0.385. The average Bonchev–Trinajstić information content (AvgIpc) is 3.17. The maximum atomic E-state index is 10.8. The summed E-state index contributed by atoms with van der Waals surface area (Å²) in [6.07, 6.45) is 5.06. The fourth-order valence-electron chi connectivity index (χ4n) is 2.25. The molecule has 1 aliphatic rings. The van der Waals surface area contributed by atoms with E-state index in [0.29, 0.717) is 12.6 Å². The van der Waals surface area contributed by atoms with Crippen molar-refractivity contribution in [3.05, 3.63) is 38.3 Å². The molecule has 1 saturated carbocycles. The molecule has 0 amide bonds. The minimum Gasteiger partial charge on any atom is -0.310 e. The standard InChI is InChI=1S/C14H19BrN2O2/c1-2-13(6-10-3-4-10)16-9-11-5-12(15)8-14(7-11)17(18)19/h5,7-8,10,13,16H,2-4,6,9H2,1H3. The Bertz CT molecular complexity index is 461. The SMILES string of the molecule is CCC(CC1CC1)NCc1cc(Br)cc([N+](=O)[O-])c1. The largest absolute Gasteiger partial charge is 0.310 e. The van der Waals surface area contributed by atoms with Gasteiger partial charge in [-0.25, -0.2) is 0 Å². The maximum absolute atomic E-state index is 10.8. The summed E-state index contributed by atoms with van der Waals surface area (Å²) in [5.74, 6) is 0.897. The van der Waals surface area contributed by atoms with Gasteiger partial charge in [0.15, 0.2) is 0 Å². The number of nitro benzene ring substituents is 1. The first kappa shape index (κ1) is 14.5. The molecule has 1 aliphatic carbocycles. The predicted molar refractivity (Wildman–Crippen MR) is 79.1 cm³/mol. The van der Waals surface area contributed by atoms with E-state index in [1.807, 2.05) is 6.07 Å². The molecule has 0 bridgehead atoms. The van der Waals surface area contributed by atoms with Gasteiger partial charge >= 0.3 is 0 Å². The van der Waals surface area contributed by atoms with Gasteiger partial charge in [0, 0.05) is 29.2 Å². The van der Waals surface area contributed by atoms with Crippen molar-refractivity contribution in [2.75, 3.05) is 0 Å². The molecular formula is C14H19BrN2O2. The van der Waals surface area contributed by atoms with E-state index >= 15 is 0 Å². The predicted octanol–water partition coefficient (Wildman–Crippen LogP) is 4.03. The summed E-state index contributed by atoms with van der Waals surface area (Å²) in [4.78, 5) is 10.5. The molecule has 0 heterocycles. The van der Waals surface area contributed by atoms with E-state index in [2.05, 4.69) is 28.2 Å². The smallest absolute Gasteiger partial charge is 0.270 e. The van der Waals surface area contributed by atoms with Crippen molar-refractivity contribution in [1.82, 2.24) is 5.32 Å². The van der Waals surface area contributed by atoms with Crippen LogP contribution in [-0.2, 0) is 6.54 Å². The molecule has 104 valence electrons. The van der Waals surface area contributed by atoms with Gasteiger partial charge in [-0.05, 0) is 30.4 Å². The molecule has 0 aliphatic heterocycles. The van der Waals surface area contributed by atoms with E-state index in [4.69, 9.17) is 0 Å². The van der Waals surface area contributed by atoms with Gasteiger partial charge in [0.1, 0.15) is 0 Å². The van der Waals surface area contributed by atoms with Crippen molar-refractivity contribution < 1.29 is 4.92 Å². The van der Waals surface area contributed by atoms with Crippen LogP contribution in [0.3, 0.4) is 0 Å². The Morgan fingerprint density at radius 3 is 2.79 bits per heavy atom. The van der Waals surface area contributed by atoms with E-state index in [1.165, 1.54) is 25.3 Å². The highest BCUT2D eigenvalue weighted by atomic mass is 79.9. The summed E-state index contributed by atoms with van der Waals surface area (Å²) in [6, 6.07) is 5.63. The van der Waals surface area contributed by atoms with Gasteiger partial charge in [0.25, 0.3) is 5.69 Å². The summed E-state index contributed by atoms with van der Waals surface area (Å²) >= 11 is 3.32. The lowest BCUT2D eigenvalue weighted by Crippen LogP contribution is -2.28. The van der Waals surface area contributed by atoms with Gasteiger partial charge < -0.3 is 5.32 Å². The zero-order chi connectivity index (χ0) is 13.8. The number of hydrogen-bond donors (Lipinski definition) is 1. The van der Waals surface area contributed by atoms with Crippen LogP contribution in [0.2, 0.25) is 0 Å². The van der Waals surface area contributed by atoms with Gasteiger partial charge in [-0.2, -0.15) is 0 Å². The van der Waals surface area contributed by atoms with Gasteiger partial charge in [-0.1, -0.05) is 35.7 Å². The van der Waals surface area contributed by atoms with E-state index in [9.17, 15) is 10.1 Å². The highest BCUT2D eigenvalue weighted by molar-refractivity contribution is 9.10. The summed E-state index contributed by atoms with van der Waals surface area (Å²) in [5.41, 5.74) is 1.09. The van der Waals surface area contributed by atoms with Gasteiger partial charge in [0.2, 0.25) is 0 Å². The fourth-order valence-corrected chi connectivity index (χ4v) is 2.78. The lowest BCUT2D eigenvalue weighted by Gasteiger charge is -2.16. The number of halogens is 1. The second-order valence-corrected chi connectivity index (χ2v) is 6.16. The third kappa shape index (κ3) is 4.58. The molecule has 1 fully saturated rings. The van der Waals surface area contributed by atoms with Crippen molar-refractivity contribution in [3.63, 3.8) is 0 Å². The first-order valence-electron chi connectivity index (χ1n) is 6.75. The van der Waals surface area contributed by atoms with Crippen molar-refractivity contribution in [2.45, 2.75) is 45.2 Å². The number of non-ortho nitro benzene ring substituents is 1. The van der Waals surface area contributed by atoms with Gasteiger partial charge in [0.05, 0.1) is 4.92 Å². The van der Waals surface area contributed by atoms with Crippen molar-refractivity contribution in [3.8, 4) is 0 Å². The second kappa shape index (κ2) is 6.48. The summed E-state index contributed by atoms with van der Waals surface area (Å²) < 4.78 is 0.758. The average molecular weight is 327 g/mol. The normalized spacial score (nSPS) is 16.3. The van der Waals surface area contributed by atoms with Crippen LogP contribution in [0, 0.1) is 16.0 Å². The topological polar surface area (TPSA) is 55.2 Å². The molecule has 1 N–H and O–H groups in total. The molecule has 19 heavy (non-hydrogen) atoms. The van der Waals surface area contributed by atoms with E-state index in [1.54, 1.807) is 6.07 Å². The number of rotatable bonds is 7. The Balaban J connectivity index is 1.95. The molecular weight excluding hydrogens is 308 g/mol. The zero-order valence-electron chi connectivity index (χ0n) is 11.1. The first-order chi connectivity index (χ1) is 9.08. The Hall–Kier alpha value is -0.940. The molecule has 1 atom stereocenters. The number of nitrogens with one attached hydrogen (secondary N) is 1. The Labute approximate surface area is 121 Å². The highest BCUT2D eigenvalue weighted by Gasteiger charge is 2.24. The van der Waals surface area contributed by atoms with E-state index in [0.717, 1.165) is 22.4 Å². The second-order valence-electron chi connectivity index (χ2n) is 5.24. The molecule has 0 saturated heterocycles. The maximum Gasteiger partial charge on any atom is 0.270 e. The van der Waals surface area contributed by atoms with Crippen molar-refractivity contribution in [1.29, 1.82) is 0 Å². The summed E-state index contributed by atoms with van der Waals surface area (Å²) in [6.45, 7) is 2.87. The lowest BCUT2D eigenvalue weighted by atomic mass is 10.1. The fraction of sp³-hybridized carbons (Fsp3) is 0.571. The number of nitro groups is 1. The van der Waals surface area contributed by atoms with Crippen LogP contribution in [0.5, 0.6) is 0 Å². The van der Waals surface area contributed by atoms with Crippen LogP contribution in [0.4, 0.5) is 5.69 Å². The summed E-state index contributed by atoms with van der Waals surface area (Å²) in [7, 11) is 0. The van der Waals surface area contributed by atoms with Crippen molar-refractivity contribution in [2.24, 2.45) is 5.92 Å². The molecule has 2 rings (SSSR count). The number of nitrogens with zero attached hydrogens (tertiary/aromatic N) is 1. The quantitative estimate of drug-likeness (QED) is 0.608. The van der Waals surface area contributed by atoms with Gasteiger partial charge in [-0.15, -0.1) is 0 Å². The van der Waals surface area contributed by atoms with Crippen LogP contribution in [0.15, 0.2) is 22.7 Å². The molecule has 1 aromatic rings. The molecule has 1 unspecified atom stereocenters. The van der Waals surface area contributed by atoms with Gasteiger partial charge in [-0.3, -0.25) is 10.1 Å². The highest BCUT2D eigenvalue weighted by Crippen LogP contribution is 2.34. The third-order valence-electron chi connectivity index (χ3n) is 3.56. The minimum atomic E-state index is -0.351. The molecule has 5 heteroatoms. The Kier molecular flexibility index (Phi) is 4.93. The van der Waals surface area contributed by atoms with E-state index < -0.39 is 0 Å². The number of benzene rings is 1.